The molecule has 1 aliphatic rings. The van der Waals surface area contributed by atoms with Gasteiger partial charge in [-0.2, -0.15) is 0 Å². The zero-order valence-corrected chi connectivity index (χ0v) is 25.6. The van der Waals surface area contributed by atoms with Crippen LogP contribution in [0.1, 0.15) is 29.0 Å². The number of amidine groups is 1. The molecule has 7 aromatic carbocycles. The highest BCUT2D eigenvalue weighted by Gasteiger charge is 2.27. The molecule has 0 bridgehead atoms. The highest BCUT2D eigenvalue weighted by molar-refractivity contribution is 6.15. The van der Waals surface area contributed by atoms with Gasteiger partial charge in [-0.25, -0.2) is 4.99 Å². The molecule has 1 aromatic heterocycles. The van der Waals surface area contributed by atoms with Gasteiger partial charge in [-0.15, -0.1) is 0 Å². The molecule has 0 aliphatic carbocycles. The van der Waals surface area contributed by atoms with Gasteiger partial charge in [-0.1, -0.05) is 133 Å². The lowest BCUT2D eigenvalue weighted by Gasteiger charge is -2.32. The number of nitrogens with one attached hydrogen (secondary N) is 2. The van der Waals surface area contributed by atoms with Crippen LogP contribution >= 0.6 is 0 Å². The zero-order chi connectivity index (χ0) is 31.2. The summed E-state index contributed by atoms with van der Waals surface area (Å²) < 4.78 is 6.30. The first-order chi connectivity index (χ1) is 23.3. The van der Waals surface area contributed by atoms with Gasteiger partial charge in [0.2, 0.25) is 0 Å². The molecule has 4 nitrogen and oxygen atoms in total. The number of hydrogen-bond acceptors (Lipinski definition) is 4. The fourth-order valence-electron chi connectivity index (χ4n) is 6.89. The molecule has 2 N–H and O–H groups in total. The Kier molecular flexibility index (Phi) is 6.65. The van der Waals surface area contributed by atoms with Gasteiger partial charge in [0.1, 0.15) is 29.3 Å². The SMILES string of the molecule is c1ccc(C2=NC(c3cc(-c4cccc5oc6ccccc6c45)c4ccccc4c3)NC(c3cccc(-c4ccccc4)c3)N2)cc1. The van der Waals surface area contributed by atoms with E-state index in [0.717, 1.165) is 55.6 Å². The maximum Gasteiger partial charge on any atom is 0.136 e. The Balaban J connectivity index is 1.21. The fourth-order valence-corrected chi connectivity index (χ4v) is 6.89. The Morgan fingerprint density at radius 2 is 1.17 bits per heavy atom. The summed E-state index contributed by atoms with van der Waals surface area (Å²) in [6, 6.07) is 57.5. The standard InChI is InChI=1S/C43H31N3O/c1-3-13-28(14-4-1)30-18-11-19-32(25-30)42-44-41(29-15-5-2-6-16-29)45-43(46-42)33-26-31-17-7-8-20-34(31)37(27-33)35-22-12-24-39-40(35)36-21-9-10-23-38(36)47-39/h1-27,42-43,46H,(H,44,45). The smallest absolute Gasteiger partial charge is 0.136 e. The molecule has 224 valence electrons. The van der Waals surface area contributed by atoms with Crippen LogP contribution in [-0.2, 0) is 0 Å². The van der Waals surface area contributed by atoms with Gasteiger partial charge in [0, 0.05) is 16.3 Å². The van der Waals surface area contributed by atoms with Gasteiger partial charge in [0.05, 0.1) is 0 Å². The lowest BCUT2D eigenvalue weighted by molar-refractivity contribution is 0.409. The number of hydrogen-bond donors (Lipinski definition) is 2. The summed E-state index contributed by atoms with van der Waals surface area (Å²) in [5, 5.41) is 12.2. The van der Waals surface area contributed by atoms with Gasteiger partial charge < -0.3 is 9.73 Å². The Hall–Kier alpha value is -5.97. The Bertz CT molecular complexity index is 2430. The number of aliphatic imine (C=N–C) groups is 1. The van der Waals surface area contributed by atoms with Crippen LogP contribution in [0.4, 0.5) is 0 Å². The Morgan fingerprint density at radius 3 is 2.02 bits per heavy atom. The minimum absolute atomic E-state index is 0.160. The Morgan fingerprint density at radius 1 is 0.489 bits per heavy atom. The monoisotopic (exact) mass is 605 g/mol. The normalized spacial score (nSPS) is 16.3. The molecule has 0 spiro atoms. The molecule has 0 saturated heterocycles. The molecule has 2 atom stereocenters. The van der Waals surface area contributed by atoms with Crippen LogP contribution in [0.5, 0.6) is 0 Å². The van der Waals surface area contributed by atoms with Crippen molar-refractivity contribution in [2.24, 2.45) is 4.99 Å². The summed E-state index contributed by atoms with van der Waals surface area (Å²) in [7, 11) is 0. The molecule has 2 unspecified atom stereocenters. The van der Waals surface area contributed by atoms with Crippen molar-refractivity contribution in [1.82, 2.24) is 10.6 Å². The van der Waals surface area contributed by atoms with Gasteiger partial charge >= 0.3 is 0 Å². The average molecular weight is 606 g/mol. The molecule has 2 heterocycles. The molecular formula is C43H31N3O. The van der Waals surface area contributed by atoms with E-state index in [-0.39, 0.29) is 12.3 Å². The molecule has 0 saturated carbocycles. The lowest BCUT2D eigenvalue weighted by Crippen LogP contribution is -2.45. The van der Waals surface area contributed by atoms with Crippen LogP contribution < -0.4 is 10.6 Å². The third kappa shape index (κ3) is 4.96. The van der Waals surface area contributed by atoms with Crippen molar-refractivity contribution in [2.45, 2.75) is 12.3 Å². The van der Waals surface area contributed by atoms with Crippen LogP contribution in [0.25, 0.3) is 55.0 Å². The van der Waals surface area contributed by atoms with E-state index >= 15 is 0 Å². The quantitative estimate of drug-likeness (QED) is 0.205. The highest BCUT2D eigenvalue weighted by atomic mass is 16.3. The van der Waals surface area contributed by atoms with E-state index < -0.39 is 0 Å². The zero-order valence-electron chi connectivity index (χ0n) is 25.6. The summed E-state index contributed by atoms with van der Waals surface area (Å²) in [6.07, 6.45) is -0.451. The predicted octanol–water partition coefficient (Wildman–Crippen LogP) is 10.4. The summed E-state index contributed by atoms with van der Waals surface area (Å²) in [5.41, 5.74) is 9.78. The molecule has 9 rings (SSSR count). The number of para-hydroxylation sites is 1. The van der Waals surface area contributed by atoms with E-state index in [4.69, 9.17) is 9.41 Å². The number of furan rings is 1. The maximum atomic E-state index is 6.30. The first kappa shape index (κ1) is 27.3. The van der Waals surface area contributed by atoms with Crippen molar-refractivity contribution in [2.75, 3.05) is 0 Å². The van der Waals surface area contributed by atoms with Crippen LogP contribution in [0.3, 0.4) is 0 Å². The van der Waals surface area contributed by atoms with Crippen molar-refractivity contribution in [3.63, 3.8) is 0 Å². The maximum absolute atomic E-state index is 6.30. The second-order valence-electron chi connectivity index (χ2n) is 12.0. The minimum Gasteiger partial charge on any atom is -0.456 e. The van der Waals surface area contributed by atoms with E-state index in [1.807, 2.05) is 18.2 Å². The molecule has 0 amide bonds. The number of nitrogens with zero attached hydrogens (tertiary/aromatic N) is 1. The first-order valence-corrected chi connectivity index (χ1v) is 16.0. The molecule has 4 heteroatoms. The fraction of sp³-hybridized carbons (Fsp3) is 0.0465. The Labute approximate surface area is 273 Å². The lowest BCUT2D eigenvalue weighted by atomic mass is 9.92. The van der Waals surface area contributed by atoms with E-state index in [2.05, 4.69) is 156 Å². The van der Waals surface area contributed by atoms with Crippen molar-refractivity contribution < 1.29 is 4.42 Å². The second kappa shape index (κ2) is 11.4. The minimum atomic E-state index is -0.291. The summed E-state index contributed by atoms with van der Waals surface area (Å²) >= 11 is 0. The summed E-state index contributed by atoms with van der Waals surface area (Å²) in [6.45, 7) is 0. The van der Waals surface area contributed by atoms with Gasteiger partial charge in [0.25, 0.3) is 0 Å². The van der Waals surface area contributed by atoms with Gasteiger partial charge in [-0.3, -0.25) is 5.32 Å². The molecule has 1 aliphatic heterocycles. The number of fused-ring (bicyclic) bond motifs is 4. The van der Waals surface area contributed by atoms with Crippen LogP contribution in [0, 0.1) is 0 Å². The van der Waals surface area contributed by atoms with E-state index in [0.29, 0.717) is 0 Å². The van der Waals surface area contributed by atoms with Gasteiger partial charge in [-0.05, 0) is 74.5 Å². The predicted molar refractivity (Wildman–Crippen MR) is 193 cm³/mol. The van der Waals surface area contributed by atoms with E-state index in [9.17, 15) is 0 Å². The first-order valence-electron chi connectivity index (χ1n) is 16.0. The van der Waals surface area contributed by atoms with E-state index in [1.165, 1.54) is 21.9 Å². The van der Waals surface area contributed by atoms with Crippen molar-refractivity contribution in [1.29, 1.82) is 0 Å². The van der Waals surface area contributed by atoms with E-state index in [1.54, 1.807) is 0 Å². The molecule has 8 aromatic rings. The topological polar surface area (TPSA) is 49.6 Å². The second-order valence-corrected chi connectivity index (χ2v) is 12.0. The molecular weight excluding hydrogens is 574 g/mol. The third-order valence-corrected chi connectivity index (χ3v) is 9.13. The molecule has 47 heavy (non-hydrogen) atoms. The third-order valence-electron chi connectivity index (χ3n) is 9.13. The number of benzene rings is 7. The largest absolute Gasteiger partial charge is 0.456 e. The van der Waals surface area contributed by atoms with Crippen molar-refractivity contribution in [3.05, 3.63) is 180 Å². The average Bonchev–Trinajstić information content (AvgIpc) is 3.54. The molecule has 0 radical (unpaired) electrons. The van der Waals surface area contributed by atoms with Crippen LogP contribution in [0.2, 0.25) is 0 Å². The van der Waals surface area contributed by atoms with Crippen LogP contribution in [0.15, 0.2) is 173 Å². The summed E-state index contributed by atoms with van der Waals surface area (Å²) in [4.78, 5) is 5.30. The van der Waals surface area contributed by atoms with Gasteiger partial charge in [0.15, 0.2) is 0 Å². The van der Waals surface area contributed by atoms with Crippen molar-refractivity contribution in [3.8, 4) is 22.3 Å². The molecule has 0 fully saturated rings. The number of rotatable bonds is 5. The highest BCUT2D eigenvalue weighted by Crippen LogP contribution is 2.41. The summed E-state index contributed by atoms with van der Waals surface area (Å²) in [5.74, 6) is 0.863. The van der Waals surface area contributed by atoms with Crippen molar-refractivity contribution >= 4 is 38.5 Å². The van der Waals surface area contributed by atoms with Crippen LogP contribution in [-0.4, -0.2) is 5.84 Å².